The third-order valence-corrected chi connectivity index (χ3v) is 2.46. The highest BCUT2D eigenvalue weighted by atomic mass is 19.1. The van der Waals surface area contributed by atoms with Crippen LogP contribution in [0.25, 0.3) is 0 Å². The molecule has 6 nitrogen and oxygen atoms in total. The second-order valence-corrected chi connectivity index (χ2v) is 4.02. The van der Waals surface area contributed by atoms with Gasteiger partial charge in [0.25, 0.3) is 5.91 Å². The van der Waals surface area contributed by atoms with Gasteiger partial charge in [0.05, 0.1) is 5.56 Å². The number of nitrogens with zero attached hydrogens (tertiary/aromatic N) is 2. The zero-order valence-electron chi connectivity index (χ0n) is 10.3. The summed E-state index contributed by atoms with van der Waals surface area (Å²) in [6.45, 7) is 3.27. The number of nitrogens with one attached hydrogen (secondary N) is 1. The van der Waals surface area contributed by atoms with E-state index in [1.165, 1.54) is 0 Å². The number of hydrogen-bond donors (Lipinski definition) is 2. The van der Waals surface area contributed by atoms with Crippen LogP contribution in [0.15, 0.2) is 22.6 Å². The molecule has 1 aromatic carbocycles. The molecule has 0 fully saturated rings. The second kappa shape index (κ2) is 5.05. The number of carbonyl (C=O) groups is 1. The predicted octanol–water partition coefficient (Wildman–Crippen LogP) is 1.71. The van der Waals surface area contributed by atoms with E-state index in [-0.39, 0.29) is 17.2 Å². The lowest BCUT2D eigenvalue weighted by molar-refractivity contribution is 0.0930. The lowest BCUT2D eigenvalue weighted by atomic mass is 10.1. The Kier molecular flexibility index (Phi) is 3.46. The highest BCUT2D eigenvalue weighted by Crippen LogP contribution is 2.19. The Morgan fingerprint density at radius 3 is 2.84 bits per heavy atom. The van der Waals surface area contributed by atoms with Crippen molar-refractivity contribution in [1.29, 1.82) is 0 Å². The van der Waals surface area contributed by atoms with Gasteiger partial charge in [-0.3, -0.25) is 4.79 Å². The van der Waals surface area contributed by atoms with Crippen LogP contribution in [0, 0.1) is 12.7 Å². The van der Waals surface area contributed by atoms with Gasteiger partial charge in [0.15, 0.2) is 0 Å². The average Bonchev–Trinajstić information content (AvgIpc) is 2.79. The number of aromatic nitrogens is 2. The Bertz CT molecular complexity index is 612. The zero-order valence-corrected chi connectivity index (χ0v) is 10.3. The summed E-state index contributed by atoms with van der Waals surface area (Å²) in [7, 11) is 0. The summed E-state index contributed by atoms with van der Waals surface area (Å²) in [6, 6.07) is 2.59. The lowest BCUT2D eigenvalue weighted by Crippen LogP contribution is -2.27. The molecule has 0 spiro atoms. The van der Waals surface area contributed by atoms with Crippen LogP contribution in [0.4, 0.5) is 4.39 Å². The van der Waals surface area contributed by atoms with Crippen LogP contribution >= 0.6 is 0 Å². The van der Waals surface area contributed by atoms with Gasteiger partial charge in [-0.15, -0.1) is 10.2 Å². The molecule has 19 heavy (non-hydrogen) atoms. The normalized spacial score (nSPS) is 12.2. The van der Waals surface area contributed by atoms with Gasteiger partial charge in [0.1, 0.15) is 17.6 Å². The van der Waals surface area contributed by atoms with Crippen molar-refractivity contribution in [2.75, 3.05) is 0 Å². The van der Waals surface area contributed by atoms with Crippen LogP contribution in [0.2, 0.25) is 0 Å². The summed E-state index contributed by atoms with van der Waals surface area (Å²) >= 11 is 0. The van der Waals surface area contributed by atoms with E-state index in [4.69, 9.17) is 4.42 Å². The molecule has 0 aliphatic carbocycles. The first-order valence-corrected chi connectivity index (χ1v) is 5.56. The van der Waals surface area contributed by atoms with Crippen molar-refractivity contribution in [3.05, 3.63) is 41.4 Å². The molecule has 0 unspecified atom stereocenters. The Labute approximate surface area is 108 Å². The maximum Gasteiger partial charge on any atom is 0.255 e. The number of halogens is 1. The Morgan fingerprint density at radius 2 is 2.21 bits per heavy atom. The van der Waals surface area contributed by atoms with Crippen LogP contribution in [0.1, 0.15) is 35.1 Å². The molecule has 2 rings (SSSR count). The predicted molar refractivity (Wildman–Crippen MR) is 63.0 cm³/mol. The number of phenols is 1. The molecule has 100 valence electrons. The molecule has 0 bridgehead atoms. The first-order valence-electron chi connectivity index (χ1n) is 5.56. The molecule has 0 aliphatic heterocycles. The lowest BCUT2D eigenvalue weighted by Gasteiger charge is -2.10. The van der Waals surface area contributed by atoms with Crippen molar-refractivity contribution >= 4 is 5.91 Å². The van der Waals surface area contributed by atoms with Crippen molar-refractivity contribution in [3.8, 4) is 5.75 Å². The number of phenolic OH excluding ortho intramolecular Hbond substituents is 1. The third-order valence-electron chi connectivity index (χ3n) is 2.46. The third kappa shape index (κ3) is 2.87. The number of rotatable bonds is 3. The van der Waals surface area contributed by atoms with Crippen LogP contribution < -0.4 is 5.32 Å². The number of amides is 1. The molecule has 0 radical (unpaired) electrons. The van der Waals surface area contributed by atoms with Crippen molar-refractivity contribution in [1.82, 2.24) is 15.5 Å². The number of hydrogen-bond acceptors (Lipinski definition) is 5. The molecule has 0 saturated carbocycles. The van der Waals surface area contributed by atoms with Gasteiger partial charge in [-0.25, -0.2) is 4.39 Å². The van der Waals surface area contributed by atoms with Gasteiger partial charge < -0.3 is 14.8 Å². The Hall–Kier alpha value is -2.44. The number of benzene rings is 1. The molecule has 2 N–H and O–H groups in total. The molecule has 1 atom stereocenters. The smallest absolute Gasteiger partial charge is 0.255 e. The van der Waals surface area contributed by atoms with Gasteiger partial charge >= 0.3 is 0 Å². The quantitative estimate of drug-likeness (QED) is 0.882. The molecule has 1 aromatic heterocycles. The van der Waals surface area contributed by atoms with Crippen molar-refractivity contribution < 1.29 is 18.7 Å². The minimum atomic E-state index is -0.625. The van der Waals surface area contributed by atoms with Gasteiger partial charge in [-0.05, 0) is 25.1 Å². The Morgan fingerprint density at radius 1 is 1.47 bits per heavy atom. The molecule has 1 heterocycles. The highest BCUT2D eigenvalue weighted by Gasteiger charge is 2.18. The summed E-state index contributed by atoms with van der Waals surface area (Å²) < 4.78 is 18.2. The molecular formula is C12H12FN3O3. The maximum atomic E-state index is 13.0. The molecular weight excluding hydrogens is 253 g/mol. The van der Waals surface area contributed by atoms with Crippen molar-refractivity contribution in [3.63, 3.8) is 0 Å². The molecule has 7 heteroatoms. The molecule has 2 aromatic rings. The van der Waals surface area contributed by atoms with Gasteiger partial charge in [-0.2, -0.15) is 0 Å². The largest absolute Gasteiger partial charge is 0.507 e. The first kappa shape index (κ1) is 13.0. The fourth-order valence-electron chi connectivity index (χ4n) is 1.51. The first-order chi connectivity index (χ1) is 8.97. The fraction of sp³-hybridized carbons (Fsp3) is 0.250. The number of aryl methyl sites for hydroxylation is 1. The summed E-state index contributed by atoms with van der Waals surface area (Å²) in [4.78, 5) is 11.9. The maximum absolute atomic E-state index is 13.0. The van der Waals surface area contributed by atoms with Crippen LogP contribution in [-0.4, -0.2) is 21.2 Å². The van der Waals surface area contributed by atoms with E-state index < -0.39 is 17.8 Å². The summed E-state index contributed by atoms with van der Waals surface area (Å²) in [6.07, 6.45) is 0. The zero-order chi connectivity index (χ0) is 14.0. The highest BCUT2D eigenvalue weighted by molar-refractivity contribution is 5.96. The summed E-state index contributed by atoms with van der Waals surface area (Å²) in [5, 5.41) is 19.5. The summed E-state index contributed by atoms with van der Waals surface area (Å²) in [5.74, 6) is -0.913. The van der Waals surface area contributed by atoms with E-state index in [0.717, 1.165) is 18.2 Å². The molecule has 1 amide bonds. The molecule has 0 aliphatic rings. The van der Waals surface area contributed by atoms with E-state index in [9.17, 15) is 14.3 Å². The standard InChI is InChI=1S/C12H12FN3O3/c1-6(12-16-15-7(2)19-12)14-11(18)9-5-8(13)3-4-10(9)17/h3-6,17H,1-2H3,(H,14,18)/t6-/m0/s1. The van der Waals surface area contributed by atoms with Gasteiger partial charge in [0.2, 0.25) is 11.8 Å². The minimum Gasteiger partial charge on any atom is -0.507 e. The second-order valence-electron chi connectivity index (χ2n) is 4.02. The van der Waals surface area contributed by atoms with E-state index in [1.54, 1.807) is 13.8 Å². The van der Waals surface area contributed by atoms with E-state index in [0.29, 0.717) is 5.89 Å². The van der Waals surface area contributed by atoms with Gasteiger partial charge in [-0.1, -0.05) is 0 Å². The SMILES string of the molecule is Cc1nnc([C@H](C)NC(=O)c2cc(F)ccc2O)o1. The van der Waals surface area contributed by atoms with E-state index in [1.807, 2.05) is 0 Å². The van der Waals surface area contributed by atoms with Crippen LogP contribution in [0.3, 0.4) is 0 Å². The fourth-order valence-corrected chi connectivity index (χ4v) is 1.51. The minimum absolute atomic E-state index is 0.150. The number of carbonyl (C=O) groups excluding carboxylic acids is 1. The topological polar surface area (TPSA) is 88.2 Å². The Balaban J connectivity index is 2.15. The van der Waals surface area contributed by atoms with E-state index >= 15 is 0 Å². The average molecular weight is 265 g/mol. The van der Waals surface area contributed by atoms with E-state index in [2.05, 4.69) is 15.5 Å². The van der Waals surface area contributed by atoms with Crippen molar-refractivity contribution in [2.24, 2.45) is 0 Å². The van der Waals surface area contributed by atoms with Crippen LogP contribution in [-0.2, 0) is 0 Å². The van der Waals surface area contributed by atoms with Crippen LogP contribution in [0.5, 0.6) is 5.75 Å². The monoisotopic (exact) mass is 265 g/mol. The number of aromatic hydroxyl groups is 1. The van der Waals surface area contributed by atoms with Gasteiger partial charge in [0, 0.05) is 6.92 Å². The summed E-state index contributed by atoms with van der Waals surface area (Å²) in [5.41, 5.74) is -0.150. The van der Waals surface area contributed by atoms with Crippen molar-refractivity contribution in [2.45, 2.75) is 19.9 Å². The molecule has 0 saturated heterocycles.